The number of rotatable bonds is 4. The van der Waals surface area contributed by atoms with Gasteiger partial charge in [-0.25, -0.2) is 4.39 Å². The molecule has 2 N–H and O–H groups in total. The van der Waals surface area contributed by atoms with Crippen molar-refractivity contribution in [3.8, 4) is 0 Å². The topological polar surface area (TPSA) is 54.0 Å². The van der Waals surface area contributed by atoms with Crippen molar-refractivity contribution in [1.29, 1.82) is 0 Å². The minimum atomic E-state index is -0.402. The fraction of sp³-hybridized carbons (Fsp3) is 0.100. The molecule has 4 nitrogen and oxygen atoms in total. The molecule has 0 saturated carbocycles. The van der Waals surface area contributed by atoms with Crippen molar-refractivity contribution in [2.45, 2.75) is 13.8 Å². The second-order valence-corrected chi connectivity index (χ2v) is 5.87. The molecule has 0 saturated heterocycles. The van der Waals surface area contributed by atoms with Gasteiger partial charge in [0.15, 0.2) is 0 Å². The van der Waals surface area contributed by atoms with Crippen molar-refractivity contribution in [2.24, 2.45) is 0 Å². The van der Waals surface area contributed by atoms with E-state index in [1.54, 1.807) is 24.4 Å². The molecular formula is C20H18FN3O. The van der Waals surface area contributed by atoms with E-state index in [1.807, 2.05) is 26.0 Å². The smallest absolute Gasteiger partial charge is 0.257 e. The molecule has 1 amide bonds. The standard InChI is InChI=1S/C20H18FN3O/c1-13-6-7-19(14(2)8-13)23-18-9-15(11-22-12-18)20(25)24-17-5-3-4-16(21)10-17/h3-12,23H,1-2H3,(H,24,25). The van der Waals surface area contributed by atoms with Gasteiger partial charge in [0, 0.05) is 17.6 Å². The van der Waals surface area contributed by atoms with Gasteiger partial charge < -0.3 is 10.6 Å². The third-order valence-corrected chi connectivity index (χ3v) is 3.74. The van der Waals surface area contributed by atoms with Crippen molar-refractivity contribution >= 4 is 23.0 Å². The van der Waals surface area contributed by atoms with E-state index in [4.69, 9.17) is 0 Å². The van der Waals surface area contributed by atoms with Crippen LogP contribution in [0.15, 0.2) is 60.9 Å². The average Bonchev–Trinajstić information content (AvgIpc) is 2.58. The van der Waals surface area contributed by atoms with Gasteiger partial charge in [-0.2, -0.15) is 0 Å². The van der Waals surface area contributed by atoms with Crippen LogP contribution in [0.25, 0.3) is 0 Å². The molecule has 0 aliphatic carbocycles. The van der Waals surface area contributed by atoms with Gasteiger partial charge in [0.2, 0.25) is 0 Å². The Morgan fingerprint density at radius 3 is 2.60 bits per heavy atom. The van der Waals surface area contributed by atoms with Crippen molar-refractivity contribution in [2.75, 3.05) is 10.6 Å². The predicted octanol–water partition coefficient (Wildman–Crippen LogP) is 4.83. The number of hydrogen-bond acceptors (Lipinski definition) is 3. The third-order valence-electron chi connectivity index (χ3n) is 3.74. The zero-order chi connectivity index (χ0) is 17.8. The number of aromatic nitrogens is 1. The first-order valence-corrected chi connectivity index (χ1v) is 7.87. The molecule has 126 valence electrons. The van der Waals surface area contributed by atoms with Gasteiger partial charge in [0.05, 0.1) is 17.4 Å². The maximum atomic E-state index is 13.2. The van der Waals surface area contributed by atoms with Crippen LogP contribution in [0, 0.1) is 19.7 Å². The lowest BCUT2D eigenvalue weighted by Gasteiger charge is -2.11. The van der Waals surface area contributed by atoms with E-state index in [0.717, 1.165) is 11.3 Å². The first kappa shape index (κ1) is 16.6. The monoisotopic (exact) mass is 335 g/mol. The van der Waals surface area contributed by atoms with Gasteiger partial charge in [0.25, 0.3) is 5.91 Å². The van der Waals surface area contributed by atoms with E-state index in [1.165, 1.54) is 23.9 Å². The Hall–Kier alpha value is -3.21. The Kier molecular flexibility index (Phi) is 4.75. The van der Waals surface area contributed by atoms with Crippen LogP contribution in [-0.2, 0) is 0 Å². The second kappa shape index (κ2) is 7.13. The number of amides is 1. The highest BCUT2D eigenvalue weighted by Gasteiger charge is 2.09. The summed E-state index contributed by atoms with van der Waals surface area (Å²) in [6.07, 6.45) is 3.13. The zero-order valence-corrected chi connectivity index (χ0v) is 14.0. The lowest BCUT2D eigenvalue weighted by Crippen LogP contribution is -2.12. The molecule has 0 bridgehead atoms. The van der Waals surface area contributed by atoms with E-state index in [-0.39, 0.29) is 5.91 Å². The van der Waals surface area contributed by atoms with Gasteiger partial charge in [-0.1, -0.05) is 23.8 Å². The fourth-order valence-corrected chi connectivity index (χ4v) is 2.51. The Morgan fingerprint density at radius 1 is 1.00 bits per heavy atom. The zero-order valence-electron chi connectivity index (χ0n) is 14.0. The summed E-state index contributed by atoms with van der Waals surface area (Å²) in [6, 6.07) is 13.6. The van der Waals surface area contributed by atoms with Crippen LogP contribution in [0.3, 0.4) is 0 Å². The molecule has 0 unspecified atom stereocenters. The van der Waals surface area contributed by atoms with Crippen molar-refractivity contribution in [1.82, 2.24) is 4.98 Å². The number of nitrogens with zero attached hydrogens (tertiary/aromatic N) is 1. The maximum absolute atomic E-state index is 13.2. The van der Waals surface area contributed by atoms with Crippen LogP contribution in [0.5, 0.6) is 0 Å². The third kappa shape index (κ3) is 4.20. The van der Waals surface area contributed by atoms with Crippen molar-refractivity contribution in [3.05, 3.63) is 83.4 Å². The van der Waals surface area contributed by atoms with Gasteiger partial charge in [0.1, 0.15) is 5.82 Å². The first-order chi connectivity index (χ1) is 12.0. The van der Waals surface area contributed by atoms with E-state index in [0.29, 0.717) is 16.9 Å². The number of pyridine rings is 1. The summed E-state index contributed by atoms with van der Waals surface area (Å²) < 4.78 is 13.2. The Labute approximate surface area is 145 Å². The first-order valence-electron chi connectivity index (χ1n) is 7.87. The molecule has 0 atom stereocenters. The van der Waals surface area contributed by atoms with Crippen LogP contribution in [0.1, 0.15) is 21.5 Å². The molecule has 1 aromatic heterocycles. The minimum absolute atomic E-state index is 0.345. The van der Waals surface area contributed by atoms with E-state index in [2.05, 4.69) is 21.7 Å². The molecule has 5 heteroatoms. The molecule has 25 heavy (non-hydrogen) atoms. The molecule has 0 aliphatic heterocycles. The Morgan fingerprint density at radius 2 is 1.84 bits per heavy atom. The normalized spacial score (nSPS) is 10.4. The lowest BCUT2D eigenvalue weighted by molar-refractivity contribution is 0.102. The molecule has 0 fully saturated rings. The number of aryl methyl sites for hydroxylation is 2. The van der Waals surface area contributed by atoms with E-state index < -0.39 is 5.82 Å². The van der Waals surface area contributed by atoms with E-state index in [9.17, 15) is 9.18 Å². The van der Waals surface area contributed by atoms with Gasteiger partial charge >= 0.3 is 0 Å². The van der Waals surface area contributed by atoms with Crippen molar-refractivity contribution in [3.63, 3.8) is 0 Å². The highest BCUT2D eigenvalue weighted by molar-refractivity contribution is 6.04. The van der Waals surface area contributed by atoms with Gasteiger partial charge in [-0.3, -0.25) is 9.78 Å². The van der Waals surface area contributed by atoms with Crippen LogP contribution in [0.2, 0.25) is 0 Å². The fourth-order valence-electron chi connectivity index (χ4n) is 2.51. The van der Waals surface area contributed by atoms with Crippen molar-refractivity contribution < 1.29 is 9.18 Å². The molecule has 1 heterocycles. The summed E-state index contributed by atoms with van der Waals surface area (Å²) >= 11 is 0. The summed E-state index contributed by atoms with van der Waals surface area (Å²) in [7, 11) is 0. The number of nitrogens with one attached hydrogen (secondary N) is 2. The molecule has 0 aliphatic rings. The Balaban J connectivity index is 1.77. The largest absolute Gasteiger partial charge is 0.354 e. The molecule has 0 spiro atoms. The van der Waals surface area contributed by atoms with Crippen LogP contribution in [0.4, 0.5) is 21.5 Å². The second-order valence-electron chi connectivity index (χ2n) is 5.87. The average molecular weight is 335 g/mol. The SMILES string of the molecule is Cc1ccc(Nc2cncc(C(=O)Nc3cccc(F)c3)c2)c(C)c1. The highest BCUT2D eigenvalue weighted by atomic mass is 19.1. The highest BCUT2D eigenvalue weighted by Crippen LogP contribution is 2.22. The minimum Gasteiger partial charge on any atom is -0.354 e. The number of benzene rings is 2. The molecule has 0 radical (unpaired) electrons. The molecule has 3 aromatic rings. The lowest BCUT2D eigenvalue weighted by atomic mass is 10.1. The summed E-state index contributed by atoms with van der Waals surface area (Å²) in [5.74, 6) is -0.747. The van der Waals surface area contributed by atoms with E-state index >= 15 is 0 Å². The van der Waals surface area contributed by atoms with Crippen LogP contribution in [-0.4, -0.2) is 10.9 Å². The van der Waals surface area contributed by atoms with Gasteiger partial charge in [-0.05, 0) is 49.7 Å². The summed E-state index contributed by atoms with van der Waals surface area (Å²) in [6.45, 7) is 4.05. The summed E-state index contributed by atoms with van der Waals surface area (Å²) in [5, 5.41) is 5.93. The number of halogens is 1. The Bertz CT molecular complexity index is 924. The number of anilines is 3. The number of carbonyl (C=O) groups is 1. The molecule has 2 aromatic carbocycles. The van der Waals surface area contributed by atoms with Gasteiger partial charge in [-0.15, -0.1) is 0 Å². The summed E-state index contributed by atoms with van der Waals surface area (Å²) in [4.78, 5) is 16.5. The number of carbonyl (C=O) groups excluding carboxylic acids is 1. The summed E-state index contributed by atoms with van der Waals surface area (Å²) in [5.41, 5.74) is 4.74. The predicted molar refractivity (Wildman–Crippen MR) is 97.8 cm³/mol. The van der Waals surface area contributed by atoms with Crippen LogP contribution < -0.4 is 10.6 Å². The number of hydrogen-bond donors (Lipinski definition) is 2. The quantitative estimate of drug-likeness (QED) is 0.718. The molecular weight excluding hydrogens is 317 g/mol. The maximum Gasteiger partial charge on any atom is 0.257 e. The van der Waals surface area contributed by atoms with Crippen LogP contribution >= 0.6 is 0 Å². The molecule has 3 rings (SSSR count).